The van der Waals surface area contributed by atoms with Crippen molar-refractivity contribution in [2.45, 2.75) is 56.8 Å². The predicted molar refractivity (Wildman–Crippen MR) is 116 cm³/mol. The number of carboxylic acids is 2. The summed E-state index contributed by atoms with van der Waals surface area (Å²) in [5.41, 5.74) is 1.16. The van der Waals surface area contributed by atoms with Crippen molar-refractivity contribution in [3.63, 3.8) is 0 Å². The Morgan fingerprint density at radius 3 is 2.00 bits per heavy atom. The van der Waals surface area contributed by atoms with Crippen LogP contribution in [0.5, 0.6) is 0 Å². The van der Waals surface area contributed by atoms with Crippen molar-refractivity contribution in [3.05, 3.63) is 46.7 Å². The number of carboxylic acid groups (broad SMARTS) is 2. The highest BCUT2D eigenvalue weighted by atomic mass is 32.1. The lowest BCUT2D eigenvalue weighted by Crippen LogP contribution is -2.51. The van der Waals surface area contributed by atoms with Gasteiger partial charge in [0.1, 0.15) is 5.01 Å². The molecule has 0 aromatic carbocycles. The molecule has 2 aromatic rings. The van der Waals surface area contributed by atoms with Crippen LogP contribution in [0.15, 0.2) is 36.1 Å². The van der Waals surface area contributed by atoms with E-state index in [0.717, 1.165) is 31.5 Å². The van der Waals surface area contributed by atoms with E-state index >= 15 is 0 Å². The number of fused-ring (bicyclic) bond motifs is 1. The lowest BCUT2D eigenvalue weighted by atomic mass is 9.95. The highest BCUT2D eigenvalue weighted by molar-refractivity contribution is 7.09. The van der Waals surface area contributed by atoms with E-state index in [-0.39, 0.29) is 0 Å². The molecule has 2 atom stereocenters. The lowest BCUT2D eigenvalue weighted by Gasteiger charge is -2.39. The standard InChI is InChI=1S/C17H20N4OS.2C2HF3O2/c22-17-2-1-14-15(21(17)11-13-3-6-18-7-4-13)5-9-20(14)12-16-19-8-10-23-16;2*3-2(4,5)1(6)7/h3-4,6-8,10,14-15H,1-2,5,9,11-12H2;2*(H,6,7)/t14-,15-;;/m0../s1. The van der Waals surface area contributed by atoms with Crippen LogP contribution in [0.25, 0.3) is 0 Å². The van der Waals surface area contributed by atoms with Gasteiger partial charge in [0.15, 0.2) is 0 Å². The van der Waals surface area contributed by atoms with Crippen LogP contribution < -0.4 is 0 Å². The first-order valence-corrected chi connectivity index (χ1v) is 11.5. The summed E-state index contributed by atoms with van der Waals surface area (Å²) in [5, 5.41) is 17.5. The van der Waals surface area contributed by atoms with E-state index in [4.69, 9.17) is 19.8 Å². The number of carbonyl (C=O) groups is 3. The van der Waals surface area contributed by atoms with Crippen molar-refractivity contribution in [1.82, 2.24) is 19.8 Å². The molecule has 2 saturated heterocycles. The number of thiazole rings is 1. The number of alkyl halides is 6. The van der Waals surface area contributed by atoms with E-state index in [1.165, 1.54) is 5.01 Å². The quantitative estimate of drug-likeness (QED) is 0.548. The molecule has 2 aliphatic rings. The Hall–Kier alpha value is -3.27. The maximum absolute atomic E-state index is 12.4. The average Bonchev–Trinajstić information content (AvgIpc) is 3.46. The Morgan fingerprint density at radius 1 is 0.946 bits per heavy atom. The molecule has 1 amide bonds. The summed E-state index contributed by atoms with van der Waals surface area (Å²) in [5.74, 6) is -5.22. The van der Waals surface area contributed by atoms with Gasteiger partial charge >= 0.3 is 24.3 Å². The summed E-state index contributed by atoms with van der Waals surface area (Å²) in [7, 11) is 0. The zero-order chi connectivity index (χ0) is 27.8. The number of aliphatic carboxylic acids is 2. The summed E-state index contributed by atoms with van der Waals surface area (Å²) >= 11 is 1.71. The van der Waals surface area contributed by atoms with Crippen LogP contribution in [0.3, 0.4) is 0 Å². The Balaban J connectivity index is 0.000000286. The fraction of sp³-hybridized carbons (Fsp3) is 0.476. The van der Waals surface area contributed by atoms with Gasteiger partial charge in [0.05, 0.1) is 6.54 Å². The number of carbonyl (C=O) groups excluding carboxylic acids is 1. The average molecular weight is 556 g/mol. The van der Waals surface area contributed by atoms with Crippen molar-refractivity contribution < 1.29 is 50.9 Å². The van der Waals surface area contributed by atoms with Crippen LogP contribution in [0, 0.1) is 0 Å². The SMILES string of the molecule is O=C(O)C(F)(F)F.O=C(O)C(F)(F)F.O=C1CC[C@H]2[C@H](CCN2Cc2nccs2)N1Cc1ccncc1. The minimum Gasteiger partial charge on any atom is -0.475 e. The zero-order valence-corrected chi connectivity index (χ0v) is 19.8. The van der Waals surface area contributed by atoms with E-state index in [1.807, 2.05) is 23.7 Å². The second-order valence-electron chi connectivity index (χ2n) is 7.84. The maximum atomic E-state index is 12.4. The molecule has 2 N–H and O–H groups in total. The molecule has 2 aliphatic heterocycles. The van der Waals surface area contributed by atoms with Crippen molar-refractivity contribution in [1.29, 1.82) is 0 Å². The third kappa shape index (κ3) is 9.27. The first kappa shape index (κ1) is 30.0. The summed E-state index contributed by atoms with van der Waals surface area (Å²) in [6.07, 6.45) is -2.02. The van der Waals surface area contributed by atoms with Gasteiger partial charge in [-0.2, -0.15) is 26.3 Å². The molecule has 0 radical (unpaired) electrons. The number of nitrogens with zero attached hydrogens (tertiary/aromatic N) is 4. The first-order valence-electron chi connectivity index (χ1n) is 10.6. The Labute approximate surface area is 210 Å². The Bertz CT molecular complexity index is 1010. The van der Waals surface area contributed by atoms with Gasteiger partial charge in [0.25, 0.3) is 0 Å². The molecule has 16 heteroatoms. The largest absolute Gasteiger partial charge is 0.490 e. The molecule has 0 spiro atoms. The molecule has 0 unspecified atom stereocenters. The van der Waals surface area contributed by atoms with E-state index < -0.39 is 24.3 Å². The van der Waals surface area contributed by atoms with Crippen molar-refractivity contribution in [2.24, 2.45) is 0 Å². The minimum atomic E-state index is -5.08. The van der Waals surface area contributed by atoms with Crippen molar-refractivity contribution >= 4 is 29.2 Å². The molecule has 0 saturated carbocycles. The number of amides is 1. The van der Waals surface area contributed by atoms with Crippen molar-refractivity contribution in [2.75, 3.05) is 6.54 Å². The Morgan fingerprint density at radius 2 is 1.51 bits per heavy atom. The van der Waals surface area contributed by atoms with E-state index in [2.05, 4.69) is 19.8 Å². The number of rotatable bonds is 4. The first-order chi connectivity index (χ1) is 17.2. The smallest absolute Gasteiger partial charge is 0.475 e. The number of hydrogen-bond donors (Lipinski definition) is 2. The highest BCUT2D eigenvalue weighted by Gasteiger charge is 2.43. The van der Waals surface area contributed by atoms with Gasteiger partial charge in [-0.1, -0.05) is 0 Å². The van der Waals surface area contributed by atoms with Crippen LogP contribution in [-0.4, -0.2) is 78.8 Å². The van der Waals surface area contributed by atoms with Crippen LogP contribution in [0.4, 0.5) is 26.3 Å². The predicted octanol–water partition coefficient (Wildman–Crippen LogP) is 3.57. The molecule has 4 heterocycles. The Kier molecular flexibility index (Phi) is 10.4. The number of aromatic nitrogens is 2. The monoisotopic (exact) mass is 556 g/mol. The van der Waals surface area contributed by atoms with E-state index in [0.29, 0.717) is 31.0 Å². The molecule has 0 bridgehead atoms. The molecule has 2 aromatic heterocycles. The number of pyridine rings is 1. The molecule has 4 rings (SSSR count). The summed E-state index contributed by atoms with van der Waals surface area (Å²) < 4.78 is 63.5. The van der Waals surface area contributed by atoms with E-state index in [1.54, 1.807) is 23.7 Å². The summed E-state index contributed by atoms with van der Waals surface area (Å²) in [6, 6.07) is 4.81. The second-order valence-corrected chi connectivity index (χ2v) is 8.82. The number of piperidine rings is 1. The van der Waals surface area contributed by atoms with E-state index in [9.17, 15) is 31.1 Å². The third-order valence-corrected chi connectivity index (χ3v) is 6.17. The minimum absolute atomic E-state index is 0.291. The maximum Gasteiger partial charge on any atom is 0.490 e. The molecule has 0 aliphatic carbocycles. The number of hydrogen-bond acceptors (Lipinski definition) is 7. The van der Waals surface area contributed by atoms with Gasteiger partial charge in [0, 0.05) is 55.6 Å². The normalized spacial score (nSPS) is 19.7. The molecule has 204 valence electrons. The van der Waals surface area contributed by atoms with Gasteiger partial charge in [-0.05, 0) is 30.5 Å². The third-order valence-electron chi connectivity index (χ3n) is 5.41. The lowest BCUT2D eigenvalue weighted by molar-refractivity contribution is -0.193. The summed E-state index contributed by atoms with van der Waals surface area (Å²) in [6.45, 7) is 2.67. The highest BCUT2D eigenvalue weighted by Crippen LogP contribution is 2.33. The van der Waals surface area contributed by atoms with Crippen LogP contribution in [0.1, 0.15) is 29.8 Å². The fourth-order valence-corrected chi connectivity index (χ4v) is 4.47. The van der Waals surface area contributed by atoms with Gasteiger partial charge in [-0.25, -0.2) is 14.6 Å². The zero-order valence-electron chi connectivity index (χ0n) is 18.9. The van der Waals surface area contributed by atoms with Crippen LogP contribution in [-0.2, 0) is 27.5 Å². The summed E-state index contributed by atoms with van der Waals surface area (Å²) in [4.78, 5) is 43.3. The fourth-order valence-electron chi connectivity index (χ4n) is 3.83. The molecular weight excluding hydrogens is 534 g/mol. The second kappa shape index (κ2) is 12.8. The van der Waals surface area contributed by atoms with Gasteiger partial charge in [-0.3, -0.25) is 14.7 Å². The number of likely N-dealkylation sites (tertiary alicyclic amines) is 2. The van der Waals surface area contributed by atoms with Crippen molar-refractivity contribution in [3.8, 4) is 0 Å². The van der Waals surface area contributed by atoms with Crippen LogP contribution in [0.2, 0.25) is 0 Å². The van der Waals surface area contributed by atoms with Crippen LogP contribution >= 0.6 is 11.3 Å². The van der Waals surface area contributed by atoms with Gasteiger partial charge in [0.2, 0.25) is 5.91 Å². The topological polar surface area (TPSA) is 124 Å². The molecule has 9 nitrogen and oxygen atoms in total. The van der Waals surface area contributed by atoms with Gasteiger partial charge in [-0.15, -0.1) is 11.3 Å². The molecule has 2 fully saturated rings. The van der Waals surface area contributed by atoms with Gasteiger partial charge < -0.3 is 15.1 Å². The number of halogens is 6. The molecular formula is C21H22F6N4O5S. The molecule has 37 heavy (non-hydrogen) atoms.